The molecule has 1 amide bonds. The van der Waals surface area contributed by atoms with Crippen molar-refractivity contribution in [2.45, 2.75) is 31.7 Å². The van der Waals surface area contributed by atoms with Crippen molar-refractivity contribution in [1.29, 1.82) is 5.26 Å². The van der Waals surface area contributed by atoms with Gasteiger partial charge in [0.1, 0.15) is 5.41 Å². The van der Waals surface area contributed by atoms with E-state index < -0.39 is 5.41 Å². The number of hydrogen-bond acceptors (Lipinski definition) is 3. The van der Waals surface area contributed by atoms with Gasteiger partial charge in [0.25, 0.3) is 0 Å². The molecule has 0 aromatic carbocycles. The maximum Gasteiger partial charge on any atom is 0.240 e. The van der Waals surface area contributed by atoms with Gasteiger partial charge in [0.2, 0.25) is 5.91 Å². The predicted molar refractivity (Wildman–Crippen MR) is 49.3 cm³/mol. The van der Waals surface area contributed by atoms with Crippen molar-refractivity contribution in [1.82, 2.24) is 5.32 Å². The van der Waals surface area contributed by atoms with Crippen molar-refractivity contribution >= 4 is 5.91 Å². The molecule has 0 spiro atoms. The van der Waals surface area contributed by atoms with Crippen molar-refractivity contribution in [3.05, 3.63) is 0 Å². The van der Waals surface area contributed by atoms with Crippen molar-refractivity contribution in [3.63, 3.8) is 0 Å². The Kier molecular flexibility index (Phi) is 2.42. The molecule has 0 aromatic rings. The average Bonchev–Trinajstić information content (AvgIpc) is 3.00. The van der Waals surface area contributed by atoms with Crippen LogP contribution in [0.4, 0.5) is 0 Å². The first-order chi connectivity index (χ1) is 6.77. The minimum atomic E-state index is -0.682. The van der Waals surface area contributed by atoms with Crippen LogP contribution in [0.15, 0.2) is 0 Å². The van der Waals surface area contributed by atoms with E-state index in [9.17, 15) is 4.79 Å². The predicted octanol–water partition coefficient (Wildman–Crippen LogP) is 0.585. The molecule has 76 valence electrons. The van der Waals surface area contributed by atoms with Crippen molar-refractivity contribution in [3.8, 4) is 6.07 Å². The lowest BCUT2D eigenvalue weighted by Crippen LogP contribution is -2.42. The standard InChI is InChI=1S/C10H14N2O2/c11-7-10(3-4-10)9(13)12-8-1-5-14-6-2-8/h8H,1-6H2,(H,12,13). The largest absolute Gasteiger partial charge is 0.381 e. The first-order valence-corrected chi connectivity index (χ1v) is 5.07. The normalized spacial score (nSPS) is 25.1. The molecule has 0 radical (unpaired) electrons. The van der Waals surface area contributed by atoms with E-state index in [0.717, 1.165) is 25.7 Å². The van der Waals surface area contributed by atoms with Crippen LogP contribution in [0.25, 0.3) is 0 Å². The molecule has 1 saturated carbocycles. The van der Waals surface area contributed by atoms with Gasteiger partial charge in [-0.15, -0.1) is 0 Å². The highest BCUT2D eigenvalue weighted by Crippen LogP contribution is 2.45. The van der Waals surface area contributed by atoms with E-state index in [1.807, 2.05) is 0 Å². The molecular formula is C10H14N2O2. The molecule has 1 saturated heterocycles. The smallest absolute Gasteiger partial charge is 0.240 e. The lowest BCUT2D eigenvalue weighted by atomic mass is 10.1. The fourth-order valence-electron chi connectivity index (χ4n) is 1.68. The first kappa shape index (κ1) is 9.47. The molecule has 2 rings (SSSR count). The third-order valence-electron chi connectivity index (χ3n) is 2.96. The molecule has 0 bridgehead atoms. The molecular weight excluding hydrogens is 180 g/mol. The number of carbonyl (C=O) groups excluding carboxylic acids is 1. The van der Waals surface area contributed by atoms with E-state index in [-0.39, 0.29) is 11.9 Å². The Balaban J connectivity index is 1.85. The Morgan fingerprint density at radius 1 is 1.43 bits per heavy atom. The van der Waals surface area contributed by atoms with E-state index in [1.165, 1.54) is 0 Å². The zero-order chi connectivity index (χ0) is 10.0. The molecule has 2 fully saturated rings. The van der Waals surface area contributed by atoms with Crippen LogP contribution in [0, 0.1) is 16.7 Å². The van der Waals surface area contributed by atoms with E-state index in [1.54, 1.807) is 0 Å². The number of amides is 1. The van der Waals surface area contributed by atoms with Gasteiger partial charge >= 0.3 is 0 Å². The second-order valence-electron chi connectivity index (χ2n) is 4.05. The van der Waals surface area contributed by atoms with Gasteiger partial charge in [-0.2, -0.15) is 5.26 Å². The fraction of sp³-hybridized carbons (Fsp3) is 0.800. The summed E-state index contributed by atoms with van der Waals surface area (Å²) in [5.74, 6) is -0.0769. The summed E-state index contributed by atoms with van der Waals surface area (Å²) in [5, 5.41) is 11.8. The van der Waals surface area contributed by atoms with Crippen LogP contribution < -0.4 is 5.32 Å². The summed E-state index contributed by atoms with van der Waals surface area (Å²) in [6.07, 6.45) is 3.18. The summed E-state index contributed by atoms with van der Waals surface area (Å²) < 4.78 is 5.19. The molecule has 0 atom stereocenters. The lowest BCUT2D eigenvalue weighted by molar-refractivity contribution is -0.125. The summed E-state index contributed by atoms with van der Waals surface area (Å²) in [6.45, 7) is 1.43. The highest BCUT2D eigenvalue weighted by Gasteiger charge is 2.51. The topological polar surface area (TPSA) is 62.1 Å². The number of nitrogens with one attached hydrogen (secondary N) is 1. The Hall–Kier alpha value is -1.08. The molecule has 1 aliphatic carbocycles. The Labute approximate surface area is 83.2 Å². The molecule has 1 heterocycles. The van der Waals surface area contributed by atoms with Gasteiger partial charge < -0.3 is 10.1 Å². The van der Waals surface area contributed by atoms with E-state index >= 15 is 0 Å². The van der Waals surface area contributed by atoms with Gasteiger partial charge in [0.05, 0.1) is 6.07 Å². The molecule has 0 aromatic heterocycles. The number of ether oxygens (including phenoxy) is 1. The van der Waals surface area contributed by atoms with Gasteiger partial charge in [0, 0.05) is 19.3 Å². The lowest BCUT2D eigenvalue weighted by Gasteiger charge is -2.24. The van der Waals surface area contributed by atoms with Gasteiger partial charge in [-0.05, 0) is 25.7 Å². The quantitative estimate of drug-likeness (QED) is 0.699. The summed E-state index contributed by atoms with van der Waals surface area (Å²) in [7, 11) is 0. The average molecular weight is 194 g/mol. The first-order valence-electron chi connectivity index (χ1n) is 5.07. The maximum absolute atomic E-state index is 11.7. The molecule has 1 aliphatic heterocycles. The highest BCUT2D eigenvalue weighted by atomic mass is 16.5. The summed E-state index contributed by atoms with van der Waals surface area (Å²) >= 11 is 0. The minimum absolute atomic E-state index is 0.0769. The van der Waals surface area contributed by atoms with Crippen LogP contribution in [0.3, 0.4) is 0 Å². The van der Waals surface area contributed by atoms with Crippen molar-refractivity contribution in [2.24, 2.45) is 5.41 Å². The third-order valence-corrected chi connectivity index (χ3v) is 2.96. The van der Waals surface area contributed by atoms with Crippen LogP contribution in [0.1, 0.15) is 25.7 Å². The molecule has 4 nitrogen and oxygen atoms in total. The number of rotatable bonds is 2. The Bertz CT molecular complexity index is 272. The second kappa shape index (κ2) is 3.58. The zero-order valence-electron chi connectivity index (χ0n) is 8.08. The molecule has 14 heavy (non-hydrogen) atoms. The maximum atomic E-state index is 11.7. The van der Waals surface area contributed by atoms with Gasteiger partial charge in [0.15, 0.2) is 0 Å². The number of nitriles is 1. The van der Waals surface area contributed by atoms with Gasteiger partial charge in [-0.25, -0.2) is 0 Å². The van der Waals surface area contributed by atoms with Crippen LogP contribution in [-0.2, 0) is 9.53 Å². The van der Waals surface area contributed by atoms with Gasteiger partial charge in [-0.3, -0.25) is 4.79 Å². The molecule has 1 N–H and O–H groups in total. The molecule has 0 unspecified atom stereocenters. The summed E-state index contributed by atoms with van der Waals surface area (Å²) in [6, 6.07) is 2.31. The molecule has 2 aliphatic rings. The fourth-order valence-corrected chi connectivity index (χ4v) is 1.68. The van der Waals surface area contributed by atoms with Crippen molar-refractivity contribution < 1.29 is 9.53 Å². The van der Waals surface area contributed by atoms with Crippen LogP contribution in [0.5, 0.6) is 0 Å². The minimum Gasteiger partial charge on any atom is -0.381 e. The Morgan fingerprint density at radius 3 is 2.57 bits per heavy atom. The summed E-state index contributed by atoms with van der Waals surface area (Å²) in [5.41, 5.74) is -0.682. The second-order valence-corrected chi connectivity index (χ2v) is 4.05. The summed E-state index contributed by atoms with van der Waals surface area (Å²) in [4.78, 5) is 11.7. The van der Waals surface area contributed by atoms with Crippen molar-refractivity contribution in [2.75, 3.05) is 13.2 Å². The monoisotopic (exact) mass is 194 g/mol. The van der Waals surface area contributed by atoms with Crippen LogP contribution in [0.2, 0.25) is 0 Å². The Morgan fingerprint density at radius 2 is 2.07 bits per heavy atom. The van der Waals surface area contributed by atoms with E-state index in [2.05, 4.69) is 11.4 Å². The SMILES string of the molecule is N#CC1(C(=O)NC2CCOCC2)CC1. The highest BCUT2D eigenvalue weighted by molar-refractivity contribution is 5.88. The third kappa shape index (κ3) is 1.73. The van der Waals surface area contributed by atoms with Gasteiger partial charge in [-0.1, -0.05) is 0 Å². The van der Waals surface area contributed by atoms with Crippen LogP contribution >= 0.6 is 0 Å². The molecule has 4 heteroatoms. The number of nitrogens with zero attached hydrogens (tertiary/aromatic N) is 1. The van der Waals surface area contributed by atoms with Crippen LogP contribution in [-0.4, -0.2) is 25.2 Å². The number of hydrogen-bond donors (Lipinski definition) is 1. The number of carbonyl (C=O) groups is 1. The van der Waals surface area contributed by atoms with E-state index in [0.29, 0.717) is 13.2 Å². The van der Waals surface area contributed by atoms with E-state index in [4.69, 9.17) is 10.00 Å². The zero-order valence-corrected chi connectivity index (χ0v) is 8.08.